The molecule has 2 nitrogen and oxygen atoms in total. The fourth-order valence-corrected chi connectivity index (χ4v) is 2.83. The molecule has 102 valence electrons. The molecular formula is C16H13BrFNO. The Hall–Kier alpha value is -1.65. The van der Waals surface area contributed by atoms with Crippen molar-refractivity contribution in [2.45, 2.75) is 12.5 Å². The fraction of sp³-hybridized carbons (Fsp3) is 0.125. The van der Waals surface area contributed by atoms with Crippen molar-refractivity contribution in [2.24, 2.45) is 5.73 Å². The highest BCUT2D eigenvalue weighted by Gasteiger charge is 2.15. The van der Waals surface area contributed by atoms with Gasteiger partial charge in [0.25, 0.3) is 0 Å². The summed E-state index contributed by atoms with van der Waals surface area (Å²) in [5.41, 5.74) is 9.05. The Morgan fingerprint density at radius 3 is 2.80 bits per heavy atom. The molecule has 0 saturated carbocycles. The Morgan fingerprint density at radius 2 is 2.00 bits per heavy atom. The van der Waals surface area contributed by atoms with E-state index >= 15 is 0 Å². The molecule has 0 aliphatic heterocycles. The summed E-state index contributed by atoms with van der Waals surface area (Å²) in [5, 5.41) is 1.03. The van der Waals surface area contributed by atoms with Gasteiger partial charge in [0, 0.05) is 21.5 Å². The highest BCUT2D eigenvalue weighted by atomic mass is 79.9. The molecule has 3 aromatic rings. The molecule has 4 heteroatoms. The molecule has 2 N–H and O–H groups in total. The van der Waals surface area contributed by atoms with Crippen LogP contribution in [0.25, 0.3) is 11.0 Å². The van der Waals surface area contributed by atoms with Crippen molar-refractivity contribution in [3.05, 3.63) is 70.1 Å². The van der Waals surface area contributed by atoms with E-state index in [0.717, 1.165) is 26.6 Å². The fourth-order valence-electron chi connectivity index (χ4n) is 2.32. The van der Waals surface area contributed by atoms with Crippen LogP contribution in [0.4, 0.5) is 4.39 Å². The number of rotatable bonds is 3. The van der Waals surface area contributed by atoms with Gasteiger partial charge in [-0.15, -0.1) is 0 Å². The second kappa shape index (κ2) is 5.38. The van der Waals surface area contributed by atoms with Gasteiger partial charge >= 0.3 is 0 Å². The lowest BCUT2D eigenvalue weighted by atomic mass is 9.99. The van der Waals surface area contributed by atoms with Crippen LogP contribution in [0.5, 0.6) is 0 Å². The van der Waals surface area contributed by atoms with E-state index in [1.54, 1.807) is 12.3 Å². The van der Waals surface area contributed by atoms with Crippen LogP contribution in [0.15, 0.2) is 57.6 Å². The Morgan fingerprint density at radius 1 is 1.20 bits per heavy atom. The molecule has 1 heterocycles. The van der Waals surface area contributed by atoms with E-state index in [2.05, 4.69) is 15.9 Å². The first kappa shape index (κ1) is 13.3. The minimum atomic E-state index is -0.261. The average molecular weight is 334 g/mol. The van der Waals surface area contributed by atoms with Gasteiger partial charge in [-0.2, -0.15) is 0 Å². The minimum absolute atomic E-state index is 0.194. The number of hydrogen-bond donors (Lipinski definition) is 1. The first-order valence-corrected chi connectivity index (χ1v) is 7.10. The van der Waals surface area contributed by atoms with Crippen molar-refractivity contribution in [3.63, 3.8) is 0 Å². The van der Waals surface area contributed by atoms with Crippen LogP contribution in [-0.2, 0) is 6.42 Å². The molecule has 20 heavy (non-hydrogen) atoms. The van der Waals surface area contributed by atoms with Crippen LogP contribution in [-0.4, -0.2) is 0 Å². The van der Waals surface area contributed by atoms with E-state index in [4.69, 9.17) is 10.2 Å². The lowest BCUT2D eigenvalue weighted by Gasteiger charge is -2.12. The zero-order valence-corrected chi connectivity index (χ0v) is 12.2. The van der Waals surface area contributed by atoms with E-state index < -0.39 is 0 Å². The van der Waals surface area contributed by atoms with E-state index in [9.17, 15) is 4.39 Å². The number of benzene rings is 2. The maximum absolute atomic E-state index is 13.1. The van der Waals surface area contributed by atoms with E-state index in [1.165, 1.54) is 12.1 Å². The van der Waals surface area contributed by atoms with Crippen molar-refractivity contribution in [3.8, 4) is 0 Å². The second-order valence-corrected chi connectivity index (χ2v) is 5.59. The summed E-state index contributed by atoms with van der Waals surface area (Å²) in [6.45, 7) is 0. The lowest BCUT2D eigenvalue weighted by molar-refractivity contribution is 0.598. The van der Waals surface area contributed by atoms with E-state index in [-0.39, 0.29) is 11.9 Å². The van der Waals surface area contributed by atoms with Gasteiger partial charge in [0.2, 0.25) is 0 Å². The summed E-state index contributed by atoms with van der Waals surface area (Å²) in [6, 6.07) is 12.3. The number of hydrogen-bond acceptors (Lipinski definition) is 2. The van der Waals surface area contributed by atoms with Gasteiger partial charge in [0.1, 0.15) is 11.4 Å². The Kier molecular flexibility index (Phi) is 3.59. The molecule has 2 aromatic carbocycles. The monoisotopic (exact) mass is 333 g/mol. The van der Waals surface area contributed by atoms with Gasteiger partial charge in [0.05, 0.1) is 6.26 Å². The highest BCUT2D eigenvalue weighted by Crippen LogP contribution is 2.29. The third-order valence-corrected chi connectivity index (χ3v) is 4.10. The molecule has 0 spiro atoms. The van der Waals surface area contributed by atoms with E-state index in [1.807, 2.05) is 24.3 Å². The SMILES string of the molecule is NC(Cc1ccc(F)cc1Br)c1coc2ccccc12. The van der Waals surface area contributed by atoms with Crippen molar-refractivity contribution >= 4 is 26.9 Å². The second-order valence-electron chi connectivity index (χ2n) is 4.73. The molecule has 0 bridgehead atoms. The van der Waals surface area contributed by atoms with Crippen molar-refractivity contribution in [2.75, 3.05) is 0 Å². The van der Waals surface area contributed by atoms with Crippen LogP contribution in [0.3, 0.4) is 0 Å². The van der Waals surface area contributed by atoms with Gasteiger partial charge in [0.15, 0.2) is 0 Å². The maximum Gasteiger partial charge on any atom is 0.134 e. The van der Waals surface area contributed by atoms with Gasteiger partial charge in [-0.25, -0.2) is 4.39 Å². The normalized spacial score (nSPS) is 12.8. The van der Waals surface area contributed by atoms with Crippen molar-refractivity contribution in [1.29, 1.82) is 0 Å². The summed E-state index contributed by atoms with van der Waals surface area (Å²) in [5.74, 6) is -0.261. The topological polar surface area (TPSA) is 39.2 Å². The Labute approximate surface area is 124 Å². The molecule has 0 amide bonds. The number of nitrogens with two attached hydrogens (primary N) is 1. The van der Waals surface area contributed by atoms with Gasteiger partial charge in [-0.3, -0.25) is 0 Å². The number of halogens is 2. The van der Waals surface area contributed by atoms with Gasteiger partial charge in [-0.05, 0) is 30.2 Å². The largest absolute Gasteiger partial charge is 0.464 e. The standard InChI is InChI=1S/C16H13BrFNO/c17-14-8-11(18)6-5-10(14)7-15(19)13-9-20-16-4-2-1-3-12(13)16/h1-6,8-9,15H,7,19H2. The zero-order chi connectivity index (χ0) is 14.1. The van der Waals surface area contributed by atoms with Crippen LogP contribution in [0, 0.1) is 5.82 Å². The first-order chi connectivity index (χ1) is 9.65. The first-order valence-electron chi connectivity index (χ1n) is 6.31. The summed E-state index contributed by atoms with van der Waals surface area (Å²) in [7, 11) is 0. The molecule has 0 fully saturated rings. The predicted molar refractivity (Wildman–Crippen MR) is 80.9 cm³/mol. The van der Waals surface area contributed by atoms with Crippen molar-refractivity contribution in [1.82, 2.24) is 0 Å². The lowest BCUT2D eigenvalue weighted by Crippen LogP contribution is -2.13. The molecule has 1 atom stereocenters. The van der Waals surface area contributed by atoms with Gasteiger partial charge in [-0.1, -0.05) is 40.2 Å². The molecule has 0 aliphatic rings. The summed E-state index contributed by atoms with van der Waals surface area (Å²) in [4.78, 5) is 0. The van der Waals surface area contributed by atoms with E-state index in [0.29, 0.717) is 6.42 Å². The Balaban J connectivity index is 1.91. The molecular weight excluding hydrogens is 321 g/mol. The summed E-state index contributed by atoms with van der Waals surface area (Å²) in [6.07, 6.45) is 2.32. The van der Waals surface area contributed by atoms with Crippen LogP contribution >= 0.6 is 15.9 Å². The number of fused-ring (bicyclic) bond motifs is 1. The third-order valence-electron chi connectivity index (χ3n) is 3.37. The molecule has 0 saturated heterocycles. The molecule has 3 rings (SSSR count). The minimum Gasteiger partial charge on any atom is -0.464 e. The van der Waals surface area contributed by atoms with Crippen molar-refractivity contribution < 1.29 is 8.81 Å². The number of para-hydroxylation sites is 1. The number of furan rings is 1. The predicted octanol–water partition coefficient (Wildman–Crippen LogP) is 4.58. The summed E-state index contributed by atoms with van der Waals surface area (Å²) >= 11 is 3.37. The third kappa shape index (κ3) is 2.49. The molecule has 0 aliphatic carbocycles. The maximum atomic E-state index is 13.1. The van der Waals surface area contributed by atoms with Crippen LogP contribution < -0.4 is 5.73 Å². The molecule has 1 aromatic heterocycles. The van der Waals surface area contributed by atoms with Crippen LogP contribution in [0.2, 0.25) is 0 Å². The van der Waals surface area contributed by atoms with Gasteiger partial charge < -0.3 is 10.2 Å². The zero-order valence-electron chi connectivity index (χ0n) is 10.6. The van der Waals surface area contributed by atoms with Crippen LogP contribution in [0.1, 0.15) is 17.2 Å². The Bertz CT molecular complexity index is 753. The summed E-state index contributed by atoms with van der Waals surface area (Å²) < 4.78 is 19.3. The molecule has 1 unspecified atom stereocenters. The quantitative estimate of drug-likeness (QED) is 0.762. The smallest absolute Gasteiger partial charge is 0.134 e. The average Bonchev–Trinajstić information content (AvgIpc) is 2.86. The highest BCUT2D eigenvalue weighted by molar-refractivity contribution is 9.10. The molecule has 0 radical (unpaired) electrons.